The van der Waals surface area contributed by atoms with E-state index in [0.29, 0.717) is 4.90 Å². The number of carbonyl (C=O) groups is 2. The molecule has 1 heterocycles. The molecule has 0 saturated heterocycles. The summed E-state index contributed by atoms with van der Waals surface area (Å²) in [5.41, 5.74) is 0.116. The summed E-state index contributed by atoms with van der Waals surface area (Å²) in [6.45, 7) is -1.28. The number of nitro groups is 1. The average Bonchev–Trinajstić information content (AvgIpc) is 2.95. The molecule has 144 valence electrons. The summed E-state index contributed by atoms with van der Waals surface area (Å²) in [6, 6.07) is 4.58. The van der Waals surface area contributed by atoms with Crippen LogP contribution in [0.1, 0.15) is 10.4 Å². The maximum atomic E-state index is 12.9. The molecule has 0 aliphatic rings. The molecule has 0 radical (unpaired) electrons. The number of hydrogen-bond acceptors (Lipinski definition) is 6. The normalized spacial score (nSPS) is 11.8. The maximum Gasteiger partial charge on any atom is 0.407 e. The lowest BCUT2D eigenvalue weighted by Gasteiger charge is -2.22. The van der Waals surface area contributed by atoms with Crippen molar-refractivity contribution in [3.63, 3.8) is 0 Å². The Balaban J connectivity index is 2.02. The van der Waals surface area contributed by atoms with E-state index in [1.165, 1.54) is 12.1 Å². The molecule has 1 aromatic carbocycles. The number of Topliss-reactive ketones (excluding diaryl/α,β-unsaturated/α-hetero) is 1. The molecule has 0 spiro atoms. The Labute approximate surface area is 156 Å². The second kappa shape index (κ2) is 8.56. The fourth-order valence-electron chi connectivity index (χ4n) is 2.25. The minimum Gasteiger partial charge on any atom is -0.465 e. The van der Waals surface area contributed by atoms with Gasteiger partial charge in [-0.3, -0.25) is 14.3 Å². The third kappa shape index (κ3) is 5.46. The van der Waals surface area contributed by atoms with Crippen LogP contribution in [0.5, 0.6) is 0 Å². The van der Waals surface area contributed by atoms with E-state index in [9.17, 15) is 34.3 Å². The highest BCUT2D eigenvalue weighted by atomic mass is 35.5. The first-order valence-corrected chi connectivity index (χ1v) is 7.87. The highest BCUT2D eigenvalue weighted by molar-refractivity contribution is 6.28. The van der Waals surface area contributed by atoms with Crippen LogP contribution in [0.3, 0.4) is 0 Å². The zero-order valence-electron chi connectivity index (χ0n) is 13.7. The fraction of sp³-hybridized carbons (Fsp3) is 0.267. The number of nitrogens with zero attached hydrogens (tertiary/aromatic N) is 4. The molecule has 2 N–H and O–H groups in total. The molecule has 0 bridgehead atoms. The smallest absolute Gasteiger partial charge is 0.407 e. The molecule has 0 fully saturated rings. The van der Waals surface area contributed by atoms with Crippen molar-refractivity contribution in [2.24, 2.45) is 0 Å². The second-order valence-electron chi connectivity index (χ2n) is 5.52. The Morgan fingerprint density at radius 3 is 2.52 bits per heavy atom. The largest absolute Gasteiger partial charge is 0.465 e. The number of imidazole rings is 1. The highest BCUT2D eigenvalue weighted by Crippen LogP contribution is 2.16. The quantitative estimate of drug-likeness (QED) is 0.391. The number of halogens is 2. The molecule has 1 unspecified atom stereocenters. The minimum atomic E-state index is -1.45. The number of aliphatic hydroxyl groups excluding tert-OH is 1. The van der Waals surface area contributed by atoms with E-state index in [0.717, 1.165) is 22.9 Å². The van der Waals surface area contributed by atoms with Crippen LogP contribution in [-0.2, 0) is 6.54 Å². The summed E-state index contributed by atoms with van der Waals surface area (Å²) >= 11 is 5.73. The molecule has 0 aliphatic carbocycles. The molecular formula is C15H14ClFN4O6. The van der Waals surface area contributed by atoms with Crippen molar-refractivity contribution in [2.45, 2.75) is 12.6 Å². The van der Waals surface area contributed by atoms with Gasteiger partial charge in [-0.25, -0.2) is 9.18 Å². The van der Waals surface area contributed by atoms with Gasteiger partial charge in [-0.2, -0.15) is 0 Å². The second-order valence-corrected chi connectivity index (χ2v) is 5.86. The Morgan fingerprint density at radius 1 is 1.37 bits per heavy atom. The van der Waals surface area contributed by atoms with E-state index in [1.54, 1.807) is 0 Å². The van der Waals surface area contributed by atoms with Crippen molar-refractivity contribution in [1.29, 1.82) is 0 Å². The van der Waals surface area contributed by atoms with E-state index in [1.807, 2.05) is 0 Å². The van der Waals surface area contributed by atoms with Gasteiger partial charge in [0, 0.05) is 5.56 Å². The van der Waals surface area contributed by atoms with Gasteiger partial charge in [0.1, 0.15) is 12.0 Å². The summed E-state index contributed by atoms with van der Waals surface area (Å²) < 4.78 is 14.0. The molecular weight excluding hydrogens is 387 g/mol. The standard InChI is InChI=1S/C15H14ClFN4O6/c16-14-18-13(21(26)27)8-19(14)5-11(22)6-20(15(24)25)7-12(23)9-1-3-10(17)4-2-9/h1-4,8,11,22H,5-7H2,(H,24,25). The monoisotopic (exact) mass is 400 g/mol. The van der Waals surface area contributed by atoms with Crippen LogP contribution >= 0.6 is 11.6 Å². The summed E-state index contributed by atoms with van der Waals surface area (Å²) in [5, 5.41) is 29.7. The van der Waals surface area contributed by atoms with Crippen LogP contribution < -0.4 is 0 Å². The third-order valence-corrected chi connectivity index (χ3v) is 3.81. The summed E-state index contributed by atoms with van der Waals surface area (Å²) in [5.74, 6) is -1.64. The van der Waals surface area contributed by atoms with Gasteiger partial charge >= 0.3 is 17.2 Å². The van der Waals surface area contributed by atoms with E-state index < -0.39 is 47.6 Å². The predicted octanol–water partition coefficient (Wildman–Crippen LogP) is 1.81. The van der Waals surface area contributed by atoms with E-state index >= 15 is 0 Å². The Kier molecular flexibility index (Phi) is 6.42. The van der Waals surface area contributed by atoms with Crippen LogP contribution in [0, 0.1) is 15.9 Å². The molecule has 1 amide bonds. The van der Waals surface area contributed by atoms with E-state index in [4.69, 9.17) is 11.6 Å². The van der Waals surface area contributed by atoms with Crippen LogP contribution in [-0.4, -0.2) is 60.7 Å². The third-order valence-electron chi connectivity index (χ3n) is 3.51. The van der Waals surface area contributed by atoms with Crippen LogP contribution in [0.25, 0.3) is 0 Å². The number of benzene rings is 1. The first kappa shape index (κ1) is 20.3. The van der Waals surface area contributed by atoms with Gasteiger partial charge in [0.05, 0.1) is 25.7 Å². The van der Waals surface area contributed by atoms with Crippen molar-refractivity contribution in [1.82, 2.24) is 14.5 Å². The molecule has 12 heteroatoms. The summed E-state index contributed by atoms with van der Waals surface area (Å²) in [4.78, 5) is 37.5. The SMILES string of the molecule is O=C(CN(CC(O)Cn1cc([N+](=O)[O-])nc1Cl)C(=O)O)c1ccc(F)cc1. The molecule has 0 saturated carbocycles. The van der Waals surface area contributed by atoms with Crippen molar-refractivity contribution < 1.29 is 29.1 Å². The van der Waals surface area contributed by atoms with Gasteiger partial charge in [0.15, 0.2) is 5.78 Å². The molecule has 2 rings (SSSR count). The lowest BCUT2D eigenvalue weighted by molar-refractivity contribution is -0.389. The number of aliphatic hydroxyl groups is 1. The Hall–Kier alpha value is -3.05. The van der Waals surface area contributed by atoms with Gasteiger partial charge in [0.2, 0.25) is 0 Å². The van der Waals surface area contributed by atoms with E-state index in [-0.39, 0.29) is 17.4 Å². The maximum absolute atomic E-state index is 12.9. The highest BCUT2D eigenvalue weighted by Gasteiger charge is 2.23. The van der Waals surface area contributed by atoms with Gasteiger partial charge in [-0.05, 0) is 45.8 Å². The zero-order valence-corrected chi connectivity index (χ0v) is 14.4. The number of rotatable bonds is 8. The number of carbonyl (C=O) groups excluding carboxylic acids is 1. The predicted molar refractivity (Wildman–Crippen MR) is 90.2 cm³/mol. The zero-order chi connectivity index (χ0) is 20.1. The van der Waals surface area contributed by atoms with Crippen LogP contribution in [0.15, 0.2) is 30.5 Å². The van der Waals surface area contributed by atoms with Gasteiger partial charge < -0.3 is 20.3 Å². The summed E-state index contributed by atoms with van der Waals surface area (Å²) in [7, 11) is 0. The first-order chi connectivity index (χ1) is 12.7. The minimum absolute atomic E-state index is 0.116. The van der Waals surface area contributed by atoms with Crippen molar-refractivity contribution in [3.05, 3.63) is 57.2 Å². The fourth-order valence-corrected chi connectivity index (χ4v) is 2.45. The van der Waals surface area contributed by atoms with Gasteiger partial charge in [-0.1, -0.05) is 0 Å². The Morgan fingerprint density at radius 2 is 2.00 bits per heavy atom. The van der Waals surface area contributed by atoms with Gasteiger partial charge in [-0.15, -0.1) is 0 Å². The molecule has 10 nitrogen and oxygen atoms in total. The molecule has 1 atom stereocenters. The number of carboxylic acid groups (broad SMARTS) is 1. The molecule has 2 aromatic rings. The first-order valence-electron chi connectivity index (χ1n) is 7.49. The lowest BCUT2D eigenvalue weighted by Crippen LogP contribution is -2.41. The van der Waals surface area contributed by atoms with Crippen molar-refractivity contribution >= 4 is 29.3 Å². The van der Waals surface area contributed by atoms with Crippen LogP contribution in [0.2, 0.25) is 5.28 Å². The topological polar surface area (TPSA) is 139 Å². The lowest BCUT2D eigenvalue weighted by atomic mass is 10.1. The molecule has 0 aliphatic heterocycles. The number of aromatic nitrogens is 2. The average molecular weight is 401 g/mol. The number of amides is 1. The van der Waals surface area contributed by atoms with Gasteiger partial charge in [0.25, 0.3) is 0 Å². The van der Waals surface area contributed by atoms with Crippen molar-refractivity contribution in [2.75, 3.05) is 13.1 Å². The summed E-state index contributed by atoms with van der Waals surface area (Å²) in [6.07, 6.45) is -1.76. The number of hydrogen-bond donors (Lipinski definition) is 2. The molecule has 1 aromatic heterocycles. The van der Waals surface area contributed by atoms with Crippen LogP contribution in [0.4, 0.5) is 15.0 Å². The van der Waals surface area contributed by atoms with E-state index in [2.05, 4.69) is 4.98 Å². The Bertz CT molecular complexity index is 856. The molecule has 27 heavy (non-hydrogen) atoms. The number of ketones is 1. The van der Waals surface area contributed by atoms with Crippen molar-refractivity contribution in [3.8, 4) is 0 Å².